The Morgan fingerprint density at radius 3 is 1.39 bits per heavy atom. The summed E-state index contributed by atoms with van der Waals surface area (Å²) in [6, 6.07) is 15.5. The maximum absolute atomic E-state index is 12.6. The number of nitro benzene ring substituents is 1. The van der Waals surface area contributed by atoms with E-state index in [0.29, 0.717) is 6.07 Å². The van der Waals surface area contributed by atoms with Crippen LogP contribution < -0.4 is 56.6 Å². The van der Waals surface area contributed by atoms with Crippen LogP contribution in [0.3, 0.4) is 0 Å². The van der Waals surface area contributed by atoms with Crippen molar-refractivity contribution in [3.63, 3.8) is 0 Å². The van der Waals surface area contributed by atoms with E-state index in [1.807, 2.05) is 0 Å². The van der Waals surface area contributed by atoms with E-state index >= 15 is 0 Å². The van der Waals surface area contributed by atoms with Crippen molar-refractivity contribution in [2.24, 2.45) is 15.3 Å². The molecular weight excluding hydrogens is 691 g/mol. The first-order valence-electron chi connectivity index (χ1n) is 12.2. The molecule has 0 amide bonds. The largest absolute Gasteiger partial charge is 1.00 e. The molecule has 238 valence electrons. The summed E-state index contributed by atoms with van der Waals surface area (Å²) < 4.78 is 104. The third-order valence-electron chi connectivity index (χ3n) is 5.87. The molecule has 0 radical (unpaired) electrons. The van der Waals surface area contributed by atoms with Gasteiger partial charge in [-0.1, -0.05) is 23.1 Å². The van der Waals surface area contributed by atoms with Crippen molar-refractivity contribution in [3.8, 4) is 0 Å². The van der Waals surface area contributed by atoms with Gasteiger partial charge in [0.15, 0.2) is 0 Å². The molecule has 17 nitrogen and oxygen atoms in total. The molecule has 23 heteroatoms. The Labute approximate surface area is 315 Å². The molecule has 0 unspecified atom stereocenters. The van der Waals surface area contributed by atoms with Gasteiger partial charge in [0, 0.05) is 29.4 Å². The van der Waals surface area contributed by atoms with Crippen molar-refractivity contribution >= 4 is 70.9 Å². The SMILES string of the molecule is O=[N+]([O-])c1ccc(C=Cc2ccc(N=[N+]([O-])c3ccc(N=Nc4ccc(S(=O)(=O)[O-])cc4)cc3)cc2S(=O)(=O)[O-])c(S(=O)(=O)[O-])c1.[Li+].[Li+].[Li+]. The normalized spacial score (nSPS) is 12.2. The molecule has 0 saturated heterocycles. The third kappa shape index (κ3) is 11.8. The number of nitro groups is 1. The Kier molecular flexibility index (Phi) is 15.5. The van der Waals surface area contributed by atoms with Crippen LogP contribution in [0.2, 0.25) is 0 Å². The number of non-ortho nitro benzene ring substituents is 1. The number of azo groups is 2. The summed E-state index contributed by atoms with van der Waals surface area (Å²) >= 11 is 0. The van der Waals surface area contributed by atoms with E-state index in [1.165, 1.54) is 42.5 Å². The van der Waals surface area contributed by atoms with Gasteiger partial charge in [-0.25, -0.2) is 25.3 Å². The van der Waals surface area contributed by atoms with Gasteiger partial charge >= 0.3 is 56.6 Å². The van der Waals surface area contributed by atoms with Crippen LogP contribution in [-0.2, 0) is 30.4 Å². The molecule has 0 aliphatic rings. The van der Waals surface area contributed by atoms with Gasteiger partial charge in [-0.2, -0.15) is 10.2 Å². The first-order valence-corrected chi connectivity index (χ1v) is 16.4. The van der Waals surface area contributed by atoms with Gasteiger partial charge in [-0.3, -0.25) is 10.1 Å². The van der Waals surface area contributed by atoms with Crippen molar-refractivity contribution in [1.29, 1.82) is 0 Å². The summed E-state index contributed by atoms with van der Waals surface area (Å²) in [6.45, 7) is 0. The second-order valence-corrected chi connectivity index (χ2v) is 13.1. The molecule has 0 bridgehead atoms. The molecule has 0 saturated carbocycles. The van der Waals surface area contributed by atoms with Gasteiger partial charge in [0.1, 0.15) is 36.0 Å². The molecule has 0 aliphatic heterocycles. The van der Waals surface area contributed by atoms with Crippen LogP contribution in [-0.4, -0.2) is 48.7 Å². The van der Waals surface area contributed by atoms with E-state index in [1.54, 1.807) is 0 Å². The molecule has 4 rings (SSSR count). The summed E-state index contributed by atoms with van der Waals surface area (Å²) in [4.78, 5) is 7.96. The van der Waals surface area contributed by atoms with E-state index < -0.39 is 55.7 Å². The summed E-state index contributed by atoms with van der Waals surface area (Å²) in [5.74, 6) is 0. The number of benzene rings is 4. The van der Waals surface area contributed by atoms with E-state index in [2.05, 4.69) is 15.3 Å². The van der Waals surface area contributed by atoms with Crippen LogP contribution in [0.15, 0.2) is 115 Å². The Balaban J connectivity index is 0.00000400. The van der Waals surface area contributed by atoms with Crippen molar-refractivity contribution in [2.75, 3.05) is 0 Å². The second-order valence-electron chi connectivity index (χ2n) is 8.98. The van der Waals surface area contributed by atoms with Crippen molar-refractivity contribution < 1.29 is 105 Å². The summed E-state index contributed by atoms with van der Waals surface area (Å²) in [5.41, 5.74) is -1.04. The average molecular weight is 707 g/mol. The van der Waals surface area contributed by atoms with Gasteiger partial charge in [-0.05, 0) is 65.7 Å². The molecule has 0 spiro atoms. The molecular formula is C26H16Li3N5O12S3. The number of nitrogens with zero attached hydrogens (tertiary/aromatic N) is 5. The van der Waals surface area contributed by atoms with Crippen LogP contribution in [0.5, 0.6) is 0 Å². The maximum Gasteiger partial charge on any atom is 1.00 e. The number of rotatable bonds is 10. The van der Waals surface area contributed by atoms with Crippen molar-refractivity contribution in [1.82, 2.24) is 0 Å². The van der Waals surface area contributed by atoms with Crippen LogP contribution in [0.4, 0.5) is 28.4 Å². The topological polar surface area (TPSA) is 278 Å². The summed E-state index contributed by atoms with van der Waals surface area (Å²) in [5, 5.41) is 35.1. The molecule has 0 aliphatic carbocycles. The minimum atomic E-state index is -5.18. The zero-order valence-corrected chi connectivity index (χ0v) is 28.0. The van der Waals surface area contributed by atoms with Crippen molar-refractivity contribution in [3.05, 3.63) is 111 Å². The zero-order chi connectivity index (χ0) is 33.9. The number of hydrogen-bond donors (Lipinski definition) is 0. The third-order valence-corrected chi connectivity index (χ3v) is 8.50. The molecule has 49 heavy (non-hydrogen) atoms. The van der Waals surface area contributed by atoms with E-state index in [4.69, 9.17) is 0 Å². The predicted octanol–water partition coefficient (Wildman–Crippen LogP) is -4.17. The minimum absolute atomic E-state index is 0. The van der Waals surface area contributed by atoms with Crippen LogP contribution in [0.1, 0.15) is 11.1 Å². The van der Waals surface area contributed by atoms with E-state index in [9.17, 15) is 54.2 Å². The zero-order valence-electron chi connectivity index (χ0n) is 25.6. The fourth-order valence-corrected chi connectivity index (χ4v) is 5.56. The Hall–Kier alpha value is -3.46. The van der Waals surface area contributed by atoms with Crippen LogP contribution in [0.25, 0.3) is 12.2 Å². The van der Waals surface area contributed by atoms with E-state index in [-0.39, 0.29) is 95.3 Å². The molecule has 0 atom stereocenters. The van der Waals surface area contributed by atoms with Gasteiger partial charge < -0.3 is 18.9 Å². The van der Waals surface area contributed by atoms with Crippen LogP contribution in [0, 0.1) is 15.3 Å². The van der Waals surface area contributed by atoms with Gasteiger partial charge in [-0.15, -0.1) is 0 Å². The van der Waals surface area contributed by atoms with Gasteiger partial charge in [0.2, 0.25) is 5.69 Å². The molecule has 0 aromatic heterocycles. The summed E-state index contributed by atoms with van der Waals surface area (Å²) in [6.07, 6.45) is 1.97. The molecule has 0 fully saturated rings. The quantitative estimate of drug-likeness (QED) is 0.0289. The van der Waals surface area contributed by atoms with E-state index in [0.717, 1.165) is 48.6 Å². The minimum Gasteiger partial charge on any atom is -0.744 e. The van der Waals surface area contributed by atoms with Crippen LogP contribution >= 0.6 is 0 Å². The first kappa shape index (κ1) is 43.6. The monoisotopic (exact) mass is 707 g/mol. The number of hydrogen-bond acceptors (Lipinski definition) is 15. The predicted molar refractivity (Wildman–Crippen MR) is 155 cm³/mol. The van der Waals surface area contributed by atoms with Crippen molar-refractivity contribution in [2.45, 2.75) is 14.7 Å². The second kappa shape index (κ2) is 17.5. The maximum atomic E-state index is 12.6. The summed E-state index contributed by atoms with van der Waals surface area (Å²) in [7, 11) is -15.0. The first-order chi connectivity index (χ1) is 21.4. The Morgan fingerprint density at radius 1 is 0.531 bits per heavy atom. The molecule has 4 aromatic carbocycles. The average Bonchev–Trinajstić information content (AvgIpc) is 2.98. The van der Waals surface area contributed by atoms with Gasteiger partial charge in [0.25, 0.3) is 5.69 Å². The Bertz CT molecular complexity index is 2270. The smallest absolute Gasteiger partial charge is 0.744 e. The standard InChI is InChI=1S/C26H19N5O12S3.3Li/c32-30(22-11-6-19(7-12-22)27-28-20-8-13-24(14-9-20)44(35,36)37)29-21-5-3-17(25(15-21)45(38,39)40)1-2-18-4-10-23(31(33)34)16-26(18)46(41,42)43;;;/h1-16H,(H,35,36,37)(H,38,39,40)(H,41,42,43);;;/q;3*+1/p-3. The molecule has 0 heterocycles. The fourth-order valence-electron chi connectivity index (χ4n) is 3.71. The van der Waals surface area contributed by atoms with Gasteiger partial charge in [0.05, 0.1) is 31.0 Å². The molecule has 4 aromatic rings. The Morgan fingerprint density at radius 2 is 0.939 bits per heavy atom. The molecule has 0 N–H and O–H groups in total. The fraction of sp³-hybridized carbons (Fsp3) is 0.